The Kier molecular flexibility index (Phi) is 3.26. The molecule has 0 atom stereocenters. The van der Waals surface area contributed by atoms with Crippen molar-refractivity contribution in [3.05, 3.63) is 29.3 Å². The maximum absolute atomic E-state index is 10.8. The third-order valence-electron chi connectivity index (χ3n) is 1.73. The summed E-state index contributed by atoms with van der Waals surface area (Å²) in [5.41, 5.74) is 6.29. The second-order valence-corrected chi connectivity index (χ2v) is 4.10. The van der Waals surface area contributed by atoms with E-state index in [4.69, 9.17) is 16.1 Å². The minimum absolute atomic E-state index is 0.142. The number of nitriles is 1. The molecule has 6 nitrogen and oxygen atoms in total. The Morgan fingerprint density at radius 3 is 2.60 bits per heavy atom. The molecule has 0 aliphatic heterocycles. The van der Waals surface area contributed by atoms with Crippen molar-refractivity contribution in [2.45, 2.75) is 6.54 Å². The van der Waals surface area contributed by atoms with E-state index in [1.54, 1.807) is 12.1 Å². The van der Waals surface area contributed by atoms with Crippen LogP contribution in [-0.2, 0) is 16.8 Å². The van der Waals surface area contributed by atoms with Gasteiger partial charge in [-0.25, -0.2) is 5.14 Å². The van der Waals surface area contributed by atoms with Crippen LogP contribution in [0.1, 0.15) is 11.1 Å². The van der Waals surface area contributed by atoms with Gasteiger partial charge in [-0.15, -0.1) is 0 Å². The summed E-state index contributed by atoms with van der Waals surface area (Å²) in [5, 5.41) is 13.6. The topological polar surface area (TPSA) is 122 Å². The predicted octanol–water partition coefficient (Wildman–Crippen LogP) is -0.368. The Hall–Kier alpha value is -1.62. The van der Waals surface area contributed by atoms with Crippen LogP contribution in [0.4, 0.5) is 5.69 Å². The van der Waals surface area contributed by atoms with Crippen LogP contribution in [-0.4, -0.2) is 8.42 Å². The van der Waals surface area contributed by atoms with Gasteiger partial charge in [0.1, 0.15) is 6.07 Å². The zero-order valence-corrected chi connectivity index (χ0v) is 8.58. The number of rotatable bonds is 3. The molecule has 0 amide bonds. The van der Waals surface area contributed by atoms with E-state index in [1.165, 1.54) is 6.07 Å². The van der Waals surface area contributed by atoms with Crippen LogP contribution in [0.3, 0.4) is 0 Å². The van der Waals surface area contributed by atoms with Gasteiger partial charge in [0.05, 0.1) is 11.3 Å². The van der Waals surface area contributed by atoms with E-state index in [-0.39, 0.29) is 17.8 Å². The number of nitrogens with two attached hydrogens (primary N) is 2. The van der Waals surface area contributed by atoms with Crippen LogP contribution in [0.15, 0.2) is 18.2 Å². The average molecular weight is 226 g/mol. The molecule has 0 aliphatic carbocycles. The van der Waals surface area contributed by atoms with Crippen LogP contribution in [0.2, 0.25) is 0 Å². The van der Waals surface area contributed by atoms with Gasteiger partial charge in [-0.05, 0) is 11.6 Å². The van der Waals surface area contributed by atoms with Crippen molar-refractivity contribution in [3.8, 4) is 6.07 Å². The molecular weight excluding hydrogens is 216 g/mol. The Morgan fingerprint density at radius 1 is 1.47 bits per heavy atom. The molecule has 1 rings (SSSR count). The van der Waals surface area contributed by atoms with Gasteiger partial charge in [-0.2, -0.15) is 13.7 Å². The number of nitrogens with one attached hydrogen (secondary N) is 1. The van der Waals surface area contributed by atoms with Gasteiger partial charge in [0, 0.05) is 6.54 Å². The highest BCUT2D eigenvalue weighted by atomic mass is 32.2. The number of hydrogen-bond donors (Lipinski definition) is 3. The van der Waals surface area contributed by atoms with E-state index in [1.807, 2.05) is 10.8 Å². The molecule has 0 spiro atoms. The quantitative estimate of drug-likeness (QED) is 0.650. The van der Waals surface area contributed by atoms with Gasteiger partial charge in [-0.1, -0.05) is 12.1 Å². The maximum Gasteiger partial charge on any atom is 0.296 e. The summed E-state index contributed by atoms with van der Waals surface area (Å²) in [5.74, 6) is 0. The summed E-state index contributed by atoms with van der Waals surface area (Å²) in [6.07, 6.45) is 0. The molecule has 0 unspecified atom stereocenters. The Labute approximate surface area is 87.7 Å². The highest BCUT2D eigenvalue weighted by Crippen LogP contribution is 2.19. The second kappa shape index (κ2) is 4.27. The van der Waals surface area contributed by atoms with Crippen molar-refractivity contribution in [2.75, 3.05) is 4.72 Å². The Balaban J connectivity index is 3.26. The fourth-order valence-electron chi connectivity index (χ4n) is 1.14. The lowest BCUT2D eigenvalue weighted by Gasteiger charge is -2.08. The standard InChI is InChI=1S/C8H10N4O2S/c9-4-6-2-1-3-8(7(6)5-10)12-15(11,13)14/h1-3,12H,4,9H2,(H2,11,13,14). The molecule has 1 aromatic carbocycles. The molecule has 0 saturated carbocycles. The maximum atomic E-state index is 10.8. The molecule has 0 radical (unpaired) electrons. The monoisotopic (exact) mass is 226 g/mol. The van der Waals surface area contributed by atoms with E-state index < -0.39 is 10.2 Å². The number of nitrogens with zero attached hydrogens (tertiary/aromatic N) is 1. The Morgan fingerprint density at radius 2 is 2.13 bits per heavy atom. The van der Waals surface area contributed by atoms with E-state index >= 15 is 0 Å². The van der Waals surface area contributed by atoms with Crippen LogP contribution < -0.4 is 15.6 Å². The molecule has 0 fully saturated rings. The summed E-state index contributed by atoms with van der Waals surface area (Å²) in [6, 6.07) is 6.56. The lowest BCUT2D eigenvalue weighted by atomic mass is 10.1. The van der Waals surface area contributed by atoms with Crippen molar-refractivity contribution >= 4 is 15.9 Å². The van der Waals surface area contributed by atoms with Gasteiger partial charge in [0.25, 0.3) is 10.2 Å². The van der Waals surface area contributed by atoms with E-state index in [0.717, 1.165) is 0 Å². The van der Waals surface area contributed by atoms with Crippen molar-refractivity contribution in [2.24, 2.45) is 10.9 Å². The summed E-state index contributed by atoms with van der Waals surface area (Å²) in [6.45, 7) is 0.156. The third-order valence-corrected chi connectivity index (χ3v) is 2.24. The van der Waals surface area contributed by atoms with E-state index in [0.29, 0.717) is 5.56 Å². The lowest BCUT2D eigenvalue weighted by Crippen LogP contribution is -2.22. The molecule has 15 heavy (non-hydrogen) atoms. The largest absolute Gasteiger partial charge is 0.326 e. The first-order valence-corrected chi connectivity index (χ1v) is 5.55. The minimum Gasteiger partial charge on any atom is -0.326 e. The van der Waals surface area contributed by atoms with Crippen molar-refractivity contribution in [1.82, 2.24) is 0 Å². The van der Waals surface area contributed by atoms with Crippen LogP contribution in [0.5, 0.6) is 0 Å². The first-order chi connectivity index (χ1) is 6.98. The van der Waals surface area contributed by atoms with Crippen LogP contribution in [0.25, 0.3) is 0 Å². The summed E-state index contributed by atoms with van der Waals surface area (Å²) >= 11 is 0. The molecule has 7 heteroatoms. The molecule has 0 saturated heterocycles. The van der Waals surface area contributed by atoms with Gasteiger partial charge in [0.15, 0.2) is 0 Å². The van der Waals surface area contributed by atoms with E-state index in [9.17, 15) is 8.42 Å². The highest BCUT2D eigenvalue weighted by molar-refractivity contribution is 7.90. The molecular formula is C8H10N4O2S. The van der Waals surface area contributed by atoms with Gasteiger partial charge in [-0.3, -0.25) is 4.72 Å². The molecule has 80 valence electrons. The summed E-state index contributed by atoms with van der Waals surface area (Å²) < 4.78 is 23.6. The molecule has 5 N–H and O–H groups in total. The minimum atomic E-state index is -3.88. The SMILES string of the molecule is N#Cc1c(CN)cccc1NS(N)(=O)=O. The number of anilines is 1. The fourth-order valence-corrected chi connectivity index (χ4v) is 1.62. The number of benzene rings is 1. The molecule has 0 aromatic heterocycles. The number of hydrogen-bond acceptors (Lipinski definition) is 4. The lowest BCUT2D eigenvalue weighted by molar-refractivity contribution is 0.603. The zero-order valence-electron chi connectivity index (χ0n) is 7.77. The summed E-state index contributed by atoms with van der Waals surface area (Å²) in [4.78, 5) is 0. The first-order valence-electron chi connectivity index (χ1n) is 4.00. The van der Waals surface area contributed by atoms with E-state index in [2.05, 4.69) is 0 Å². The third kappa shape index (κ3) is 2.92. The highest BCUT2D eigenvalue weighted by Gasteiger charge is 2.10. The smallest absolute Gasteiger partial charge is 0.296 e. The summed E-state index contributed by atoms with van der Waals surface area (Å²) in [7, 11) is -3.88. The normalized spacial score (nSPS) is 10.7. The molecule has 0 bridgehead atoms. The van der Waals surface area contributed by atoms with Crippen molar-refractivity contribution in [1.29, 1.82) is 5.26 Å². The Bertz CT molecular complexity index is 504. The molecule has 0 aliphatic rings. The van der Waals surface area contributed by atoms with Gasteiger partial charge < -0.3 is 5.73 Å². The first kappa shape index (κ1) is 11.5. The van der Waals surface area contributed by atoms with Crippen LogP contribution in [0, 0.1) is 11.3 Å². The van der Waals surface area contributed by atoms with Crippen molar-refractivity contribution in [3.63, 3.8) is 0 Å². The average Bonchev–Trinajstić information content (AvgIpc) is 2.15. The fraction of sp³-hybridized carbons (Fsp3) is 0.125. The molecule has 1 aromatic rings. The van der Waals surface area contributed by atoms with Crippen molar-refractivity contribution < 1.29 is 8.42 Å². The zero-order chi connectivity index (χ0) is 11.5. The van der Waals surface area contributed by atoms with Gasteiger partial charge in [0.2, 0.25) is 0 Å². The molecule has 0 heterocycles. The predicted molar refractivity (Wildman–Crippen MR) is 55.8 cm³/mol. The van der Waals surface area contributed by atoms with Gasteiger partial charge >= 0.3 is 0 Å². The van der Waals surface area contributed by atoms with Crippen LogP contribution >= 0.6 is 0 Å². The second-order valence-electron chi connectivity index (χ2n) is 2.80.